The van der Waals surface area contributed by atoms with Gasteiger partial charge in [-0.2, -0.15) is 0 Å². The molecule has 1 aromatic carbocycles. The number of imidazole rings is 1. The van der Waals surface area contributed by atoms with Gasteiger partial charge in [0.25, 0.3) is 5.91 Å². The molecule has 0 spiro atoms. The molecule has 4 rings (SSSR count). The van der Waals surface area contributed by atoms with Gasteiger partial charge in [0.05, 0.1) is 17.6 Å². The Labute approximate surface area is 167 Å². The molecule has 0 bridgehead atoms. The van der Waals surface area contributed by atoms with Crippen molar-refractivity contribution in [2.75, 3.05) is 13.1 Å². The summed E-state index contributed by atoms with van der Waals surface area (Å²) in [7, 11) is 0. The van der Waals surface area contributed by atoms with Crippen LogP contribution in [-0.4, -0.2) is 50.1 Å². The van der Waals surface area contributed by atoms with Crippen LogP contribution in [0.15, 0.2) is 22.8 Å². The minimum Gasteiger partial charge on any atom is -0.350 e. The predicted octanol–water partition coefficient (Wildman–Crippen LogP) is 2.12. The first-order chi connectivity index (χ1) is 14.0. The molecule has 2 N–H and O–H groups in total. The summed E-state index contributed by atoms with van der Waals surface area (Å²) in [6.45, 7) is 5.31. The topological polar surface area (TPSA) is 117 Å². The monoisotopic (exact) mass is 396 g/mol. The first-order valence-corrected chi connectivity index (χ1v) is 9.80. The Hall–Kier alpha value is -3.23. The normalized spacial score (nSPS) is 15.0. The molecule has 0 radical (unpaired) electrons. The second-order valence-corrected chi connectivity index (χ2v) is 7.57. The van der Waals surface area contributed by atoms with Gasteiger partial charge < -0.3 is 15.2 Å². The number of fused-ring (bicyclic) bond motifs is 1. The Bertz CT molecular complexity index is 1030. The van der Waals surface area contributed by atoms with Crippen molar-refractivity contribution < 1.29 is 14.2 Å². The van der Waals surface area contributed by atoms with Crippen molar-refractivity contribution in [1.29, 1.82) is 0 Å². The Morgan fingerprint density at radius 3 is 2.76 bits per heavy atom. The fourth-order valence-corrected chi connectivity index (χ4v) is 3.72. The maximum atomic E-state index is 12.8. The minimum absolute atomic E-state index is 0.0164. The molecule has 1 aliphatic rings. The van der Waals surface area contributed by atoms with Crippen LogP contribution in [0, 0.1) is 19.8 Å². The number of hydrogen-bond donors (Lipinski definition) is 2. The van der Waals surface area contributed by atoms with Gasteiger partial charge in [-0.25, -0.2) is 9.61 Å². The van der Waals surface area contributed by atoms with Crippen LogP contribution in [0.3, 0.4) is 0 Å². The van der Waals surface area contributed by atoms with E-state index < -0.39 is 0 Å². The molecule has 0 atom stereocenters. The summed E-state index contributed by atoms with van der Waals surface area (Å²) >= 11 is 0. The van der Waals surface area contributed by atoms with E-state index >= 15 is 0 Å². The summed E-state index contributed by atoms with van der Waals surface area (Å²) in [5, 5.41) is 10.3. The summed E-state index contributed by atoms with van der Waals surface area (Å²) < 4.78 is 4.63. The van der Waals surface area contributed by atoms with Gasteiger partial charge in [0, 0.05) is 25.1 Å². The van der Waals surface area contributed by atoms with Crippen molar-refractivity contribution >= 4 is 22.8 Å². The third-order valence-electron chi connectivity index (χ3n) is 5.42. The lowest BCUT2D eigenvalue weighted by molar-refractivity contribution is -0.122. The van der Waals surface area contributed by atoms with Crippen molar-refractivity contribution in [3.8, 4) is 0 Å². The van der Waals surface area contributed by atoms with Crippen molar-refractivity contribution in [2.24, 2.45) is 5.92 Å². The molecule has 2 aromatic heterocycles. The van der Waals surface area contributed by atoms with E-state index in [4.69, 9.17) is 0 Å². The smallest absolute Gasteiger partial charge is 0.253 e. The van der Waals surface area contributed by atoms with Gasteiger partial charge in [-0.15, -0.1) is 0 Å². The number of aryl methyl sites for hydroxylation is 2. The van der Waals surface area contributed by atoms with E-state index in [1.807, 2.05) is 30.0 Å². The number of piperidine rings is 1. The van der Waals surface area contributed by atoms with E-state index in [2.05, 4.69) is 30.2 Å². The fraction of sp³-hybridized carbons (Fsp3) is 0.450. The van der Waals surface area contributed by atoms with E-state index in [-0.39, 0.29) is 17.7 Å². The number of aromatic nitrogens is 4. The molecule has 29 heavy (non-hydrogen) atoms. The van der Waals surface area contributed by atoms with Crippen LogP contribution in [0.4, 0.5) is 0 Å². The molecule has 1 saturated heterocycles. The minimum atomic E-state index is -0.0164. The van der Waals surface area contributed by atoms with Gasteiger partial charge in [0.1, 0.15) is 17.2 Å². The molecule has 1 fully saturated rings. The summed E-state index contributed by atoms with van der Waals surface area (Å²) in [5.74, 6) is 1.11. The number of nitrogens with zero attached hydrogens (tertiary/aromatic N) is 4. The van der Waals surface area contributed by atoms with Crippen LogP contribution in [0.5, 0.6) is 0 Å². The number of amides is 2. The molecular weight excluding hydrogens is 372 g/mol. The first kappa shape index (κ1) is 19.1. The zero-order chi connectivity index (χ0) is 20.4. The average molecular weight is 396 g/mol. The molecule has 3 aromatic rings. The van der Waals surface area contributed by atoms with Gasteiger partial charge in [-0.05, 0) is 50.8 Å². The van der Waals surface area contributed by atoms with E-state index in [9.17, 15) is 9.59 Å². The number of carbonyl (C=O) groups excluding carboxylic acids is 2. The molecule has 2 amide bonds. The van der Waals surface area contributed by atoms with Crippen molar-refractivity contribution in [2.45, 2.75) is 39.7 Å². The maximum absolute atomic E-state index is 12.8. The molecule has 1 aliphatic heterocycles. The highest BCUT2D eigenvalue weighted by molar-refractivity contribution is 5.97. The third kappa shape index (κ3) is 4.28. The molecule has 9 nitrogen and oxygen atoms in total. The number of likely N-dealkylation sites (tertiary alicyclic amines) is 1. The number of rotatable bonds is 5. The largest absolute Gasteiger partial charge is 0.350 e. The Kier molecular flexibility index (Phi) is 5.28. The van der Waals surface area contributed by atoms with Crippen molar-refractivity contribution in [3.63, 3.8) is 0 Å². The number of H-pyrrole nitrogens is 1. The van der Waals surface area contributed by atoms with Gasteiger partial charge in [-0.3, -0.25) is 9.59 Å². The lowest BCUT2D eigenvalue weighted by Gasteiger charge is -2.31. The molecule has 0 unspecified atom stereocenters. The lowest BCUT2D eigenvalue weighted by Crippen LogP contribution is -2.39. The quantitative estimate of drug-likeness (QED) is 0.682. The van der Waals surface area contributed by atoms with Gasteiger partial charge >= 0.3 is 0 Å². The van der Waals surface area contributed by atoms with Crippen LogP contribution < -0.4 is 5.32 Å². The summed E-state index contributed by atoms with van der Waals surface area (Å²) in [4.78, 5) is 34.4. The molecule has 0 aliphatic carbocycles. The number of carbonyl (C=O) groups is 2. The SMILES string of the molecule is Cc1nc2ccc(C(=O)N3CCC(CC(=O)NCc4nonc4C)CC3)cc2[nH]1. The molecular formula is C20H24N6O3. The highest BCUT2D eigenvalue weighted by atomic mass is 16.6. The second-order valence-electron chi connectivity index (χ2n) is 7.57. The Morgan fingerprint density at radius 2 is 2.03 bits per heavy atom. The Morgan fingerprint density at radius 1 is 1.24 bits per heavy atom. The summed E-state index contributed by atoms with van der Waals surface area (Å²) in [6, 6.07) is 5.55. The van der Waals surface area contributed by atoms with Crippen LogP contribution in [0.1, 0.15) is 46.8 Å². The second kappa shape index (κ2) is 8.02. The molecule has 0 saturated carbocycles. The van der Waals surface area contributed by atoms with E-state index in [1.165, 1.54) is 0 Å². The van der Waals surface area contributed by atoms with Gasteiger partial charge in [-0.1, -0.05) is 10.3 Å². The highest BCUT2D eigenvalue weighted by Gasteiger charge is 2.25. The molecule has 3 heterocycles. The van der Waals surface area contributed by atoms with Crippen LogP contribution >= 0.6 is 0 Å². The van der Waals surface area contributed by atoms with E-state index in [0.717, 1.165) is 29.7 Å². The third-order valence-corrected chi connectivity index (χ3v) is 5.42. The predicted molar refractivity (Wildman–Crippen MR) is 105 cm³/mol. The first-order valence-electron chi connectivity index (χ1n) is 9.80. The average Bonchev–Trinajstić information content (AvgIpc) is 3.29. The summed E-state index contributed by atoms with van der Waals surface area (Å²) in [5.41, 5.74) is 3.72. The number of benzene rings is 1. The zero-order valence-corrected chi connectivity index (χ0v) is 16.6. The zero-order valence-electron chi connectivity index (χ0n) is 16.6. The van der Waals surface area contributed by atoms with Gasteiger partial charge in [0.15, 0.2) is 0 Å². The maximum Gasteiger partial charge on any atom is 0.253 e. The van der Waals surface area contributed by atoms with Gasteiger partial charge in [0.2, 0.25) is 5.91 Å². The van der Waals surface area contributed by atoms with Crippen molar-refractivity contribution in [3.05, 3.63) is 41.0 Å². The fourth-order valence-electron chi connectivity index (χ4n) is 3.72. The van der Waals surface area contributed by atoms with E-state index in [1.54, 1.807) is 6.92 Å². The standard InChI is InChI=1S/C20H24N6O3/c1-12-18(25-29-24-12)11-21-19(27)9-14-5-7-26(8-6-14)20(28)15-3-4-16-17(10-15)23-13(2)22-16/h3-4,10,14H,5-9,11H2,1-2H3,(H,21,27)(H,22,23). The number of aromatic amines is 1. The lowest BCUT2D eigenvalue weighted by atomic mass is 9.93. The Balaban J connectivity index is 1.27. The van der Waals surface area contributed by atoms with Crippen LogP contribution in [0.2, 0.25) is 0 Å². The molecule has 9 heteroatoms. The van der Waals surface area contributed by atoms with Crippen LogP contribution in [-0.2, 0) is 11.3 Å². The van der Waals surface area contributed by atoms with Crippen molar-refractivity contribution in [1.82, 2.24) is 30.5 Å². The summed E-state index contributed by atoms with van der Waals surface area (Å²) in [6.07, 6.45) is 2.08. The number of nitrogens with one attached hydrogen (secondary N) is 2. The highest BCUT2D eigenvalue weighted by Crippen LogP contribution is 2.23. The van der Waals surface area contributed by atoms with Crippen LogP contribution in [0.25, 0.3) is 11.0 Å². The van der Waals surface area contributed by atoms with E-state index in [0.29, 0.717) is 43.0 Å². The molecule has 152 valence electrons. The number of hydrogen-bond acceptors (Lipinski definition) is 6.